The Bertz CT molecular complexity index is 1430. The van der Waals surface area contributed by atoms with Crippen LogP contribution in [0.1, 0.15) is 11.1 Å². The summed E-state index contributed by atoms with van der Waals surface area (Å²) in [5.41, 5.74) is 5.54. The first-order valence-corrected chi connectivity index (χ1v) is 11.4. The first kappa shape index (κ1) is 20.5. The number of hydrogen-bond donors (Lipinski definition) is 1. The predicted molar refractivity (Wildman–Crippen MR) is 126 cm³/mol. The zero-order valence-corrected chi connectivity index (χ0v) is 18.8. The molecule has 160 valence electrons. The van der Waals surface area contributed by atoms with Gasteiger partial charge in [-0.15, -0.1) is 10.2 Å². The van der Waals surface area contributed by atoms with Gasteiger partial charge in [-0.3, -0.25) is 9.20 Å². The third kappa shape index (κ3) is 4.06. The van der Waals surface area contributed by atoms with Gasteiger partial charge in [0.1, 0.15) is 5.52 Å². The van der Waals surface area contributed by atoms with E-state index in [1.165, 1.54) is 17.3 Å². The summed E-state index contributed by atoms with van der Waals surface area (Å²) in [6.45, 7) is 2.45. The summed E-state index contributed by atoms with van der Waals surface area (Å²) in [6, 6.07) is 17.7. The van der Waals surface area contributed by atoms with E-state index in [0.29, 0.717) is 22.4 Å². The Labute approximate surface area is 193 Å². The van der Waals surface area contributed by atoms with Crippen LogP contribution in [0.15, 0.2) is 72.1 Å². The van der Waals surface area contributed by atoms with Crippen molar-refractivity contribution < 1.29 is 4.79 Å². The van der Waals surface area contributed by atoms with Gasteiger partial charge in [-0.05, 0) is 24.6 Å². The lowest BCUT2D eigenvalue weighted by atomic mass is 10.1. The highest BCUT2D eigenvalue weighted by atomic mass is 35.5. The number of amides is 1. The summed E-state index contributed by atoms with van der Waals surface area (Å²) in [6.07, 6.45) is 3.73. The first-order valence-electron chi connectivity index (χ1n) is 10.0. The Kier molecular flexibility index (Phi) is 5.55. The fraction of sp³-hybridized carbons (Fsp3) is 0.130. The largest absolute Gasteiger partial charge is 0.351 e. The van der Waals surface area contributed by atoms with Crippen LogP contribution in [0.5, 0.6) is 0 Å². The van der Waals surface area contributed by atoms with E-state index < -0.39 is 0 Å². The number of benzene rings is 2. The molecule has 32 heavy (non-hydrogen) atoms. The zero-order valence-electron chi connectivity index (χ0n) is 17.2. The maximum absolute atomic E-state index is 12.3. The summed E-state index contributed by atoms with van der Waals surface area (Å²) < 4.78 is 3.67. The van der Waals surface area contributed by atoms with Crippen LogP contribution in [-0.4, -0.2) is 35.9 Å². The smallest absolute Gasteiger partial charge is 0.230 e. The van der Waals surface area contributed by atoms with Crippen molar-refractivity contribution in [1.82, 2.24) is 29.5 Å². The monoisotopic (exact) mass is 462 g/mol. The molecule has 0 fully saturated rings. The SMILES string of the molecule is Cc1ccc(-c2cc3c4nnc(SCC(=O)NCc5ccccc5Cl)n4ccn3n2)cc1. The van der Waals surface area contributed by atoms with Crippen molar-refractivity contribution in [3.8, 4) is 11.3 Å². The summed E-state index contributed by atoms with van der Waals surface area (Å²) in [5, 5.41) is 17.4. The summed E-state index contributed by atoms with van der Waals surface area (Å²) in [5.74, 6) is 0.128. The molecule has 1 amide bonds. The molecule has 0 atom stereocenters. The normalized spacial score (nSPS) is 11.3. The van der Waals surface area contributed by atoms with E-state index in [1.807, 2.05) is 47.1 Å². The summed E-state index contributed by atoms with van der Waals surface area (Å²) >= 11 is 7.47. The van der Waals surface area contributed by atoms with Gasteiger partial charge < -0.3 is 5.32 Å². The lowest BCUT2D eigenvalue weighted by molar-refractivity contribution is -0.118. The third-order valence-corrected chi connectivity index (χ3v) is 6.41. The van der Waals surface area contributed by atoms with Crippen LogP contribution in [-0.2, 0) is 11.3 Å². The van der Waals surface area contributed by atoms with Crippen molar-refractivity contribution in [2.24, 2.45) is 0 Å². The molecule has 0 aliphatic rings. The number of hydrogen-bond acceptors (Lipinski definition) is 5. The van der Waals surface area contributed by atoms with E-state index in [4.69, 9.17) is 11.6 Å². The average molecular weight is 463 g/mol. The molecule has 0 saturated heterocycles. The van der Waals surface area contributed by atoms with Gasteiger partial charge in [0.05, 0.1) is 11.4 Å². The molecule has 0 aliphatic carbocycles. The lowest BCUT2D eigenvalue weighted by Crippen LogP contribution is -2.24. The number of aryl methyl sites for hydroxylation is 1. The second-order valence-electron chi connectivity index (χ2n) is 7.36. The molecule has 3 aromatic heterocycles. The van der Waals surface area contributed by atoms with Crippen molar-refractivity contribution >= 4 is 40.4 Å². The highest BCUT2D eigenvalue weighted by molar-refractivity contribution is 7.99. The Morgan fingerprint density at radius 3 is 2.72 bits per heavy atom. The average Bonchev–Trinajstić information content (AvgIpc) is 3.41. The molecule has 0 radical (unpaired) electrons. The van der Waals surface area contributed by atoms with Crippen molar-refractivity contribution in [2.45, 2.75) is 18.6 Å². The molecule has 5 rings (SSSR count). The topological polar surface area (TPSA) is 76.6 Å². The number of nitrogens with zero attached hydrogens (tertiary/aromatic N) is 5. The molecule has 3 heterocycles. The quantitative estimate of drug-likeness (QED) is 0.378. The second kappa shape index (κ2) is 8.64. The molecular weight excluding hydrogens is 444 g/mol. The molecule has 0 aliphatic heterocycles. The Hall–Kier alpha value is -3.36. The molecule has 0 spiro atoms. The number of carbonyl (C=O) groups excluding carboxylic acids is 1. The van der Waals surface area contributed by atoms with Crippen LogP contribution < -0.4 is 5.32 Å². The number of nitrogens with one attached hydrogen (secondary N) is 1. The van der Waals surface area contributed by atoms with Gasteiger partial charge in [0.2, 0.25) is 5.91 Å². The van der Waals surface area contributed by atoms with Crippen LogP contribution in [0, 0.1) is 6.92 Å². The van der Waals surface area contributed by atoms with Crippen LogP contribution >= 0.6 is 23.4 Å². The Morgan fingerprint density at radius 2 is 1.91 bits per heavy atom. The van der Waals surface area contributed by atoms with Gasteiger partial charge in [0, 0.05) is 29.5 Å². The van der Waals surface area contributed by atoms with Crippen molar-refractivity contribution in [1.29, 1.82) is 0 Å². The molecule has 1 N–H and O–H groups in total. The van der Waals surface area contributed by atoms with Crippen LogP contribution in [0.3, 0.4) is 0 Å². The van der Waals surface area contributed by atoms with Gasteiger partial charge in [0.15, 0.2) is 10.8 Å². The summed E-state index contributed by atoms with van der Waals surface area (Å²) in [4.78, 5) is 12.3. The van der Waals surface area contributed by atoms with Gasteiger partial charge >= 0.3 is 0 Å². The molecular formula is C23H19ClN6OS. The van der Waals surface area contributed by atoms with Crippen LogP contribution in [0.4, 0.5) is 0 Å². The molecule has 7 nitrogen and oxygen atoms in total. The van der Waals surface area contributed by atoms with Crippen molar-refractivity contribution in [3.05, 3.63) is 83.1 Å². The number of rotatable bonds is 6. The lowest BCUT2D eigenvalue weighted by Gasteiger charge is -2.06. The fourth-order valence-electron chi connectivity index (χ4n) is 3.37. The first-order chi connectivity index (χ1) is 15.6. The van der Waals surface area contributed by atoms with E-state index in [1.54, 1.807) is 4.52 Å². The summed E-state index contributed by atoms with van der Waals surface area (Å²) in [7, 11) is 0. The van der Waals surface area contributed by atoms with E-state index in [-0.39, 0.29) is 11.7 Å². The minimum atomic E-state index is -0.0984. The number of thioether (sulfide) groups is 1. The van der Waals surface area contributed by atoms with E-state index in [2.05, 4.69) is 51.8 Å². The van der Waals surface area contributed by atoms with E-state index in [0.717, 1.165) is 22.3 Å². The number of aromatic nitrogens is 5. The highest BCUT2D eigenvalue weighted by Crippen LogP contribution is 2.24. The molecule has 5 aromatic rings. The van der Waals surface area contributed by atoms with E-state index >= 15 is 0 Å². The minimum absolute atomic E-state index is 0.0984. The number of fused-ring (bicyclic) bond motifs is 3. The highest BCUT2D eigenvalue weighted by Gasteiger charge is 2.14. The van der Waals surface area contributed by atoms with E-state index in [9.17, 15) is 4.79 Å². The number of carbonyl (C=O) groups is 1. The fourth-order valence-corrected chi connectivity index (χ4v) is 4.32. The maximum atomic E-state index is 12.3. The van der Waals surface area contributed by atoms with Crippen LogP contribution in [0.25, 0.3) is 22.4 Å². The Balaban J connectivity index is 1.32. The van der Waals surface area contributed by atoms with Crippen molar-refractivity contribution in [2.75, 3.05) is 5.75 Å². The molecule has 2 aromatic carbocycles. The maximum Gasteiger partial charge on any atom is 0.230 e. The second-order valence-corrected chi connectivity index (χ2v) is 8.71. The standard InChI is InChI=1S/C23H19ClN6OS/c1-15-6-8-16(9-7-15)19-12-20-22-26-27-23(29(22)10-11-30(20)28-19)32-14-21(31)25-13-17-4-2-3-5-18(17)24/h2-12H,13-14H2,1H3,(H,25,31). The van der Waals surface area contributed by atoms with Crippen molar-refractivity contribution in [3.63, 3.8) is 0 Å². The third-order valence-electron chi connectivity index (χ3n) is 5.10. The van der Waals surface area contributed by atoms with Gasteiger partial charge in [-0.1, -0.05) is 71.4 Å². The van der Waals surface area contributed by atoms with Gasteiger partial charge in [0.25, 0.3) is 0 Å². The molecule has 9 heteroatoms. The predicted octanol–water partition coefficient (Wildman–Crippen LogP) is 4.41. The van der Waals surface area contributed by atoms with Gasteiger partial charge in [-0.2, -0.15) is 5.10 Å². The van der Waals surface area contributed by atoms with Gasteiger partial charge in [-0.25, -0.2) is 4.52 Å². The Morgan fingerprint density at radius 1 is 1.09 bits per heavy atom. The molecule has 0 saturated carbocycles. The number of halogens is 1. The molecule has 0 unspecified atom stereocenters. The zero-order chi connectivity index (χ0) is 22.1. The minimum Gasteiger partial charge on any atom is -0.351 e. The molecule has 0 bridgehead atoms. The van der Waals surface area contributed by atoms with Crippen LogP contribution in [0.2, 0.25) is 5.02 Å².